The molecule has 0 spiro atoms. The van der Waals surface area contributed by atoms with Crippen LogP contribution in [0.5, 0.6) is 0 Å². The predicted octanol–water partition coefficient (Wildman–Crippen LogP) is 18.0. The molecule has 0 amide bonds. The number of esters is 3. The Balaban J connectivity index is 4.41. The molecule has 6 heteroatoms. The number of rotatable bonds is 49. The molecule has 0 heterocycles. The molecule has 0 saturated heterocycles. The van der Waals surface area contributed by atoms with Gasteiger partial charge in [0.15, 0.2) is 6.10 Å². The maximum atomic E-state index is 12.8. The average Bonchev–Trinajstić information content (AvgIpc) is 3.29. The van der Waals surface area contributed by atoms with Crippen molar-refractivity contribution in [1.82, 2.24) is 0 Å². The summed E-state index contributed by atoms with van der Waals surface area (Å²) in [6.07, 6.45) is 64.9. The predicted molar refractivity (Wildman–Crippen MR) is 275 cm³/mol. The van der Waals surface area contributed by atoms with Gasteiger partial charge in [0.05, 0.1) is 0 Å². The maximum absolute atomic E-state index is 12.8. The number of carbonyl (C=O) groups excluding carboxylic acids is 3. The Morgan fingerprint density at radius 1 is 0.344 bits per heavy atom. The smallest absolute Gasteiger partial charge is 0.306 e. The zero-order valence-corrected chi connectivity index (χ0v) is 42.3. The molecule has 1 unspecified atom stereocenters. The van der Waals surface area contributed by atoms with Crippen molar-refractivity contribution in [2.45, 2.75) is 277 Å². The minimum Gasteiger partial charge on any atom is -0.462 e. The largest absolute Gasteiger partial charge is 0.462 e. The van der Waals surface area contributed by atoms with Crippen LogP contribution in [0.1, 0.15) is 271 Å². The lowest BCUT2D eigenvalue weighted by Crippen LogP contribution is -2.30. The molecule has 0 rings (SSSR count). The second kappa shape index (κ2) is 52.7. The van der Waals surface area contributed by atoms with Gasteiger partial charge in [-0.1, -0.05) is 236 Å². The summed E-state index contributed by atoms with van der Waals surface area (Å²) in [5.41, 5.74) is 0. The maximum Gasteiger partial charge on any atom is 0.306 e. The van der Waals surface area contributed by atoms with E-state index in [2.05, 4.69) is 81.5 Å². The van der Waals surface area contributed by atoms with E-state index in [-0.39, 0.29) is 31.1 Å². The van der Waals surface area contributed by atoms with Gasteiger partial charge in [-0.25, -0.2) is 0 Å². The highest BCUT2D eigenvalue weighted by atomic mass is 16.6. The average molecular weight is 895 g/mol. The lowest BCUT2D eigenvalue weighted by Gasteiger charge is -2.18. The van der Waals surface area contributed by atoms with Gasteiger partial charge >= 0.3 is 17.9 Å². The second-order valence-electron chi connectivity index (χ2n) is 18.1. The third-order valence-electron chi connectivity index (χ3n) is 11.8. The highest BCUT2D eigenvalue weighted by Crippen LogP contribution is 2.15. The van der Waals surface area contributed by atoms with E-state index in [1.54, 1.807) is 0 Å². The van der Waals surface area contributed by atoms with Crippen molar-refractivity contribution >= 4 is 17.9 Å². The van der Waals surface area contributed by atoms with Gasteiger partial charge in [-0.15, -0.1) is 0 Å². The second-order valence-corrected chi connectivity index (χ2v) is 18.1. The molecule has 0 saturated carbocycles. The van der Waals surface area contributed by atoms with Crippen LogP contribution in [0.15, 0.2) is 60.8 Å². The van der Waals surface area contributed by atoms with E-state index in [1.807, 2.05) is 0 Å². The van der Waals surface area contributed by atoms with Crippen LogP contribution in [0.2, 0.25) is 0 Å². The summed E-state index contributed by atoms with van der Waals surface area (Å²) >= 11 is 0. The third kappa shape index (κ3) is 50.1. The molecule has 0 aromatic heterocycles. The van der Waals surface area contributed by atoms with Crippen LogP contribution in [0, 0.1) is 0 Å². The summed E-state index contributed by atoms with van der Waals surface area (Å²) < 4.78 is 16.8. The van der Waals surface area contributed by atoms with E-state index < -0.39 is 6.10 Å². The van der Waals surface area contributed by atoms with E-state index in [1.165, 1.54) is 122 Å². The fourth-order valence-electron chi connectivity index (χ4n) is 7.68. The Morgan fingerprint density at radius 2 is 0.656 bits per heavy atom. The van der Waals surface area contributed by atoms with Crippen molar-refractivity contribution in [3.8, 4) is 0 Å². The first-order valence-corrected chi connectivity index (χ1v) is 27.3. The first kappa shape index (κ1) is 61.1. The van der Waals surface area contributed by atoms with Gasteiger partial charge in [0.25, 0.3) is 0 Å². The fourth-order valence-corrected chi connectivity index (χ4v) is 7.68. The third-order valence-corrected chi connectivity index (χ3v) is 11.8. The van der Waals surface area contributed by atoms with Crippen LogP contribution in [0.25, 0.3) is 0 Å². The summed E-state index contributed by atoms with van der Waals surface area (Å²) in [6, 6.07) is 0. The van der Waals surface area contributed by atoms with Gasteiger partial charge in [0.1, 0.15) is 13.2 Å². The molecular weight excluding hydrogens is 793 g/mol. The normalized spacial score (nSPS) is 12.5. The van der Waals surface area contributed by atoms with Gasteiger partial charge in [-0.2, -0.15) is 0 Å². The monoisotopic (exact) mass is 895 g/mol. The lowest BCUT2D eigenvalue weighted by molar-refractivity contribution is -0.167. The molecule has 0 aliphatic carbocycles. The molecule has 6 nitrogen and oxygen atoms in total. The Kier molecular flexibility index (Phi) is 50.4. The van der Waals surface area contributed by atoms with Crippen LogP contribution in [-0.4, -0.2) is 37.2 Å². The van der Waals surface area contributed by atoms with Crippen LogP contribution in [0.3, 0.4) is 0 Å². The first-order chi connectivity index (χ1) is 31.5. The number of hydrogen-bond acceptors (Lipinski definition) is 6. The molecule has 1 atom stereocenters. The fraction of sp³-hybridized carbons (Fsp3) is 0.776. The van der Waals surface area contributed by atoms with E-state index in [9.17, 15) is 14.4 Å². The molecular formula is C58H102O6. The highest BCUT2D eigenvalue weighted by molar-refractivity contribution is 5.71. The summed E-state index contributed by atoms with van der Waals surface area (Å²) in [5, 5.41) is 0. The number of hydrogen-bond donors (Lipinski definition) is 0. The number of ether oxygens (including phenoxy) is 3. The molecule has 370 valence electrons. The Bertz CT molecular complexity index is 1170. The Hall–Kier alpha value is -2.89. The van der Waals surface area contributed by atoms with Crippen LogP contribution < -0.4 is 0 Å². The van der Waals surface area contributed by atoms with E-state index >= 15 is 0 Å². The van der Waals surface area contributed by atoms with Crippen molar-refractivity contribution in [2.75, 3.05) is 13.2 Å². The molecule has 64 heavy (non-hydrogen) atoms. The summed E-state index contributed by atoms with van der Waals surface area (Å²) in [5.74, 6) is -0.916. The quantitative estimate of drug-likeness (QED) is 0.0199. The van der Waals surface area contributed by atoms with Crippen molar-refractivity contribution < 1.29 is 28.6 Å². The minimum absolute atomic E-state index is 0.0865. The van der Waals surface area contributed by atoms with E-state index in [0.29, 0.717) is 19.3 Å². The molecule has 0 aromatic rings. The lowest BCUT2D eigenvalue weighted by atomic mass is 10.0. The molecule has 0 aliphatic rings. The number of carbonyl (C=O) groups is 3. The minimum atomic E-state index is -0.790. The molecule has 0 bridgehead atoms. The number of unbranched alkanes of at least 4 members (excludes halogenated alkanes) is 29. The van der Waals surface area contributed by atoms with Gasteiger partial charge in [0.2, 0.25) is 0 Å². The van der Waals surface area contributed by atoms with Crippen molar-refractivity contribution in [1.29, 1.82) is 0 Å². The van der Waals surface area contributed by atoms with Gasteiger partial charge in [-0.05, 0) is 77.0 Å². The molecule has 0 N–H and O–H groups in total. The van der Waals surface area contributed by atoms with Crippen molar-refractivity contribution in [3.63, 3.8) is 0 Å². The zero-order valence-electron chi connectivity index (χ0n) is 42.3. The van der Waals surface area contributed by atoms with Crippen LogP contribution in [-0.2, 0) is 28.6 Å². The highest BCUT2D eigenvalue weighted by Gasteiger charge is 2.19. The molecule has 0 aromatic carbocycles. The first-order valence-electron chi connectivity index (χ1n) is 27.3. The van der Waals surface area contributed by atoms with Crippen LogP contribution >= 0.6 is 0 Å². The summed E-state index contributed by atoms with van der Waals surface area (Å²) in [7, 11) is 0. The summed E-state index contributed by atoms with van der Waals surface area (Å²) in [6.45, 7) is 6.51. The standard InChI is InChI=1S/C58H102O6/c1-4-7-10-13-16-19-22-25-28-29-30-31-34-36-39-42-45-48-51-57(60)63-54-55(64-58(61)52-49-46-43-40-37-33-27-24-21-18-15-12-9-6-3)53-62-56(59)50-47-44-41-38-35-32-26-23-20-17-14-11-8-5-2/h9,12,18,21,27-31,33,55H,4-8,10-11,13-17,19-20,22-26,32,34-54H2,1-3H3/b12-9-,21-18-,29-28-,31-30-,33-27-. The topological polar surface area (TPSA) is 78.9 Å². The molecule has 0 radical (unpaired) electrons. The Morgan fingerprint density at radius 3 is 1.05 bits per heavy atom. The Labute approximate surface area is 396 Å². The number of allylic oxidation sites excluding steroid dienone is 10. The van der Waals surface area contributed by atoms with E-state index in [4.69, 9.17) is 14.2 Å². The van der Waals surface area contributed by atoms with Crippen molar-refractivity contribution in [2.24, 2.45) is 0 Å². The van der Waals surface area contributed by atoms with Gasteiger partial charge in [-0.3, -0.25) is 14.4 Å². The molecule has 0 aliphatic heterocycles. The van der Waals surface area contributed by atoms with Gasteiger partial charge < -0.3 is 14.2 Å². The zero-order chi connectivity index (χ0) is 46.5. The van der Waals surface area contributed by atoms with Crippen molar-refractivity contribution in [3.05, 3.63) is 60.8 Å². The van der Waals surface area contributed by atoms with Gasteiger partial charge in [0, 0.05) is 19.3 Å². The van der Waals surface area contributed by atoms with Crippen LogP contribution in [0.4, 0.5) is 0 Å². The summed E-state index contributed by atoms with van der Waals surface area (Å²) in [4.78, 5) is 38.0. The van der Waals surface area contributed by atoms with E-state index in [0.717, 1.165) is 109 Å². The SMILES string of the molecule is CC/C=C\C/C=C\C/C=C\CCCCCCC(=O)OC(COC(=O)CCCCCCC/C=C\C=C/CCCCCCCCC)COC(=O)CCCCCCCCCCCCCCCC. The molecule has 0 fully saturated rings.